The van der Waals surface area contributed by atoms with Gasteiger partial charge in [-0.2, -0.15) is 0 Å². The van der Waals surface area contributed by atoms with Gasteiger partial charge in [-0.3, -0.25) is 9.59 Å². The molecule has 0 aromatic rings. The molecule has 0 saturated carbocycles. The van der Waals surface area contributed by atoms with Crippen LogP contribution in [-0.2, 0) is 19.1 Å². The largest absolute Gasteiger partial charge is 0.463 e. The average molecular weight is 597 g/mol. The molecule has 0 aromatic heterocycles. The fourth-order valence-corrected chi connectivity index (χ4v) is 5.45. The molecular formula is C37H72O5. The highest BCUT2D eigenvalue weighted by atomic mass is 16.6. The van der Waals surface area contributed by atoms with Crippen LogP contribution in [-0.4, -0.2) is 36.4 Å². The summed E-state index contributed by atoms with van der Waals surface area (Å²) in [6.07, 6.45) is 33.0. The van der Waals surface area contributed by atoms with Gasteiger partial charge >= 0.3 is 11.9 Å². The van der Waals surface area contributed by atoms with Crippen LogP contribution in [0.1, 0.15) is 201 Å². The van der Waals surface area contributed by atoms with Gasteiger partial charge in [0.05, 0.1) is 0 Å². The number of hydrogen-bond acceptors (Lipinski definition) is 5. The maximum absolute atomic E-state index is 11.9. The highest BCUT2D eigenvalue weighted by Crippen LogP contribution is 2.15. The van der Waals surface area contributed by atoms with E-state index in [0.29, 0.717) is 12.8 Å². The Labute approximate surface area is 261 Å². The number of rotatable bonds is 33. The molecule has 0 unspecified atom stereocenters. The van der Waals surface area contributed by atoms with E-state index in [1.165, 1.54) is 141 Å². The quantitative estimate of drug-likeness (QED) is 0.0602. The van der Waals surface area contributed by atoms with Gasteiger partial charge in [-0.15, -0.1) is 0 Å². The van der Waals surface area contributed by atoms with E-state index in [2.05, 4.69) is 20.8 Å². The number of aliphatic hydroxyl groups is 1. The van der Waals surface area contributed by atoms with Crippen LogP contribution in [0.15, 0.2) is 0 Å². The number of carbonyl (C=O) groups excluding carboxylic acids is 2. The molecule has 0 aliphatic rings. The zero-order valence-electron chi connectivity index (χ0n) is 28.4. The lowest BCUT2D eigenvalue weighted by Gasteiger charge is -2.12. The second-order valence-electron chi connectivity index (χ2n) is 13.2. The third kappa shape index (κ3) is 33.4. The smallest absolute Gasteiger partial charge is 0.305 e. The van der Waals surface area contributed by atoms with Gasteiger partial charge in [0.15, 0.2) is 0 Å². The van der Waals surface area contributed by atoms with Gasteiger partial charge in [0, 0.05) is 12.8 Å². The Kier molecular flexibility index (Phi) is 31.9. The Hall–Kier alpha value is -1.10. The molecule has 0 heterocycles. The molecule has 0 spiro atoms. The SMILES string of the molecule is CCCCCCCCCCCCC(=O)OC[C@H](O)COC(=O)CCCCCCCCCCCCCCCCCC(C)C. The van der Waals surface area contributed by atoms with Crippen molar-refractivity contribution < 1.29 is 24.2 Å². The minimum atomic E-state index is -0.954. The van der Waals surface area contributed by atoms with E-state index in [4.69, 9.17) is 9.47 Å². The lowest BCUT2D eigenvalue weighted by Crippen LogP contribution is -2.25. The minimum absolute atomic E-state index is 0.108. The van der Waals surface area contributed by atoms with Crippen LogP contribution in [0.3, 0.4) is 0 Å². The molecule has 0 radical (unpaired) electrons. The summed E-state index contributed by atoms with van der Waals surface area (Å²) in [6.45, 7) is 6.66. The first kappa shape index (κ1) is 40.9. The summed E-state index contributed by atoms with van der Waals surface area (Å²) >= 11 is 0. The predicted octanol–water partition coefficient (Wildman–Crippen LogP) is 11.0. The van der Waals surface area contributed by atoms with E-state index in [9.17, 15) is 14.7 Å². The Morgan fingerprint density at radius 2 is 0.762 bits per heavy atom. The lowest BCUT2D eigenvalue weighted by atomic mass is 10.0. The highest BCUT2D eigenvalue weighted by Gasteiger charge is 2.12. The second kappa shape index (κ2) is 32.8. The molecule has 0 bridgehead atoms. The third-order valence-corrected chi connectivity index (χ3v) is 8.27. The summed E-state index contributed by atoms with van der Waals surface area (Å²) in [7, 11) is 0. The van der Waals surface area contributed by atoms with Crippen molar-refractivity contribution >= 4 is 11.9 Å². The number of hydrogen-bond donors (Lipinski definition) is 1. The van der Waals surface area contributed by atoms with Gasteiger partial charge < -0.3 is 14.6 Å². The minimum Gasteiger partial charge on any atom is -0.463 e. The molecule has 0 aromatic carbocycles. The molecule has 0 rings (SSSR count). The van der Waals surface area contributed by atoms with Crippen LogP contribution in [0.25, 0.3) is 0 Å². The van der Waals surface area contributed by atoms with Gasteiger partial charge in [0.1, 0.15) is 19.3 Å². The average Bonchev–Trinajstić information content (AvgIpc) is 2.97. The molecule has 5 heteroatoms. The van der Waals surface area contributed by atoms with E-state index < -0.39 is 6.10 Å². The maximum atomic E-state index is 11.9. The van der Waals surface area contributed by atoms with E-state index in [1.54, 1.807) is 0 Å². The number of ether oxygens (including phenoxy) is 2. The van der Waals surface area contributed by atoms with Crippen molar-refractivity contribution in [3.63, 3.8) is 0 Å². The Morgan fingerprint density at radius 1 is 0.476 bits per heavy atom. The van der Waals surface area contributed by atoms with Crippen LogP contribution in [0, 0.1) is 5.92 Å². The Bertz CT molecular complexity index is 577. The van der Waals surface area contributed by atoms with E-state index >= 15 is 0 Å². The van der Waals surface area contributed by atoms with Gasteiger partial charge in [0.2, 0.25) is 0 Å². The molecule has 0 aliphatic heterocycles. The van der Waals surface area contributed by atoms with Crippen molar-refractivity contribution in [2.24, 2.45) is 5.92 Å². The normalized spacial score (nSPS) is 12.1. The molecule has 1 atom stereocenters. The molecule has 250 valence electrons. The summed E-state index contributed by atoms with van der Waals surface area (Å²) < 4.78 is 10.3. The number of carbonyl (C=O) groups is 2. The second-order valence-corrected chi connectivity index (χ2v) is 13.2. The first-order valence-corrected chi connectivity index (χ1v) is 18.4. The highest BCUT2D eigenvalue weighted by molar-refractivity contribution is 5.69. The zero-order chi connectivity index (χ0) is 30.9. The first-order chi connectivity index (χ1) is 20.5. The van der Waals surface area contributed by atoms with Gasteiger partial charge in [-0.05, 0) is 18.8 Å². The number of unbranched alkanes of at least 4 members (excludes halogenated alkanes) is 23. The van der Waals surface area contributed by atoms with Crippen LogP contribution in [0.5, 0.6) is 0 Å². The molecule has 1 N–H and O–H groups in total. The van der Waals surface area contributed by atoms with Gasteiger partial charge in [0.25, 0.3) is 0 Å². The van der Waals surface area contributed by atoms with Crippen molar-refractivity contribution in [1.29, 1.82) is 0 Å². The summed E-state index contributed by atoms with van der Waals surface area (Å²) in [5.41, 5.74) is 0. The number of esters is 2. The Balaban J connectivity index is 3.37. The van der Waals surface area contributed by atoms with Crippen molar-refractivity contribution in [2.75, 3.05) is 13.2 Å². The summed E-state index contributed by atoms with van der Waals surface area (Å²) in [5, 5.41) is 9.97. The first-order valence-electron chi connectivity index (χ1n) is 18.4. The third-order valence-electron chi connectivity index (χ3n) is 8.27. The standard InChI is InChI=1S/C37H72O5/c1-4-5-6-7-8-9-18-21-24-27-30-36(39)41-32-35(38)33-42-37(40)31-28-25-22-19-16-14-12-10-11-13-15-17-20-23-26-29-34(2)3/h34-35,38H,4-33H2,1-3H3/t35-/m0/s1. The fourth-order valence-electron chi connectivity index (χ4n) is 5.45. The molecular weight excluding hydrogens is 524 g/mol. The molecule has 0 saturated heterocycles. The molecule has 0 amide bonds. The van der Waals surface area contributed by atoms with Crippen molar-refractivity contribution in [1.82, 2.24) is 0 Å². The monoisotopic (exact) mass is 597 g/mol. The number of aliphatic hydroxyl groups excluding tert-OH is 1. The summed E-state index contributed by atoms with van der Waals surface area (Å²) in [4.78, 5) is 23.8. The lowest BCUT2D eigenvalue weighted by molar-refractivity contribution is -0.152. The van der Waals surface area contributed by atoms with Crippen LogP contribution < -0.4 is 0 Å². The van der Waals surface area contributed by atoms with Gasteiger partial charge in [-0.1, -0.05) is 175 Å². The molecule has 42 heavy (non-hydrogen) atoms. The maximum Gasteiger partial charge on any atom is 0.305 e. The zero-order valence-corrected chi connectivity index (χ0v) is 28.4. The van der Waals surface area contributed by atoms with Crippen molar-refractivity contribution in [3.05, 3.63) is 0 Å². The Morgan fingerprint density at radius 3 is 1.07 bits per heavy atom. The van der Waals surface area contributed by atoms with Crippen molar-refractivity contribution in [3.8, 4) is 0 Å². The van der Waals surface area contributed by atoms with E-state index in [-0.39, 0.29) is 25.2 Å². The van der Waals surface area contributed by atoms with Gasteiger partial charge in [-0.25, -0.2) is 0 Å². The predicted molar refractivity (Wildman–Crippen MR) is 178 cm³/mol. The molecule has 5 nitrogen and oxygen atoms in total. The van der Waals surface area contributed by atoms with Crippen LogP contribution in [0.4, 0.5) is 0 Å². The summed E-state index contributed by atoms with van der Waals surface area (Å²) in [5.74, 6) is 0.300. The van der Waals surface area contributed by atoms with E-state index in [0.717, 1.165) is 31.6 Å². The molecule has 0 fully saturated rings. The fraction of sp³-hybridized carbons (Fsp3) is 0.946. The van der Waals surface area contributed by atoms with Crippen LogP contribution in [0.2, 0.25) is 0 Å². The summed E-state index contributed by atoms with van der Waals surface area (Å²) in [6, 6.07) is 0. The molecule has 0 aliphatic carbocycles. The van der Waals surface area contributed by atoms with E-state index in [1.807, 2.05) is 0 Å². The van der Waals surface area contributed by atoms with Crippen LogP contribution >= 0.6 is 0 Å². The van der Waals surface area contributed by atoms with Crippen molar-refractivity contribution in [2.45, 2.75) is 207 Å². The topological polar surface area (TPSA) is 72.8 Å².